The molecule has 0 aliphatic rings. The van der Waals surface area contributed by atoms with Crippen LogP contribution in [0, 0.1) is 6.92 Å². The van der Waals surface area contributed by atoms with Gasteiger partial charge in [-0.3, -0.25) is 0 Å². The number of aryl methyl sites for hydroxylation is 1. The molecule has 1 unspecified atom stereocenters. The molecule has 0 bridgehead atoms. The molecule has 0 aliphatic carbocycles. The molecule has 0 saturated heterocycles. The third-order valence-electron chi connectivity index (χ3n) is 3.10. The quantitative estimate of drug-likeness (QED) is 0.873. The highest BCUT2D eigenvalue weighted by Gasteiger charge is 2.07. The summed E-state index contributed by atoms with van der Waals surface area (Å²) in [5.41, 5.74) is 4.29. The third-order valence-corrected chi connectivity index (χ3v) is 4.04. The Morgan fingerprint density at radius 3 is 2.63 bits per heavy atom. The average Bonchev–Trinajstić information content (AvgIpc) is 2.83. The first-order valence-electron chi connectivity index (χ1n) is 6.55. The maximum absolute atomic E-state index is 5.45. The van der Waals surface area contributed by atoms with Crippen LogP contribution >= 0.6 is 11.3 Å². The van der Waals surface area contributed by atoms with Crippen LogP contribution in [0.5, 0.6) is 5.75 Å². The molecule has 0 spiro atoms. The number of thiazole rings is 1. The minimum atomic E-state index is 0.317. The number of nitrogens with zero attached hydrogens (tertiary/aromatic N) is 1. The maximum Gasteiger partial charge on any atom is 0.119 e. The van der Waals surface area contributed by atoms with Gasteiger partial charge in [-0.05, 0) is 38.5 Å². The highest BCUT2D eigenvalue weighted by molar-refractivity contribution is 7.09. The zero-order chi connectivity index (χ0) is 13.7. The fourth-order valence-corrected chi connectivity index (χ4v) is 2.61. The van der Waals surface area contributed by atoms with Crippen molar-refractivity contribution in [3.63, 3.8) is 0 Å². The molecule has 19 heavy (non-hydrogen) atoms. The van der Waals surface area contributed by atoms with Crippen LogP contribution in [0.1, 0.15) is 36.0 Å². The van der Waals surface area contributed by atoms with E-state index in [0.29, 0.717) is 12.6 Å². The van der Waals surface area contributed by atoms with E-state index in [1.165, 1.54) is 10.4 Å². The highest BCUT2D eigenvalue weighted by Crippen LogP contribution is 2.19. The lowest BCUT2D eigenvalue weighted by atomic mass is 10.1. The van der Waals surface area contributed by atoms with E-state index in [1.807, 2.05) is 24.6 Å². The van der Waals surface area contributed by atoms with E-state index in [4.69, 9.17) is 4.74 Å². The summed E-state index contributed by atoms with van der Waals surface area (Å²) in [6, 6.07) is 8.59. The fourth-order valence-electron chi connectivity index (χ4n) is 1.88. The topological polar surface area (TPSA) is 34.1 Å². The molecule has 0 amide bonds. The van der Waals surface area contributed by atoms with Crippen LogP contribution in [0.25, 0.3) is 0 Å². The molecular weight excluding hydrogens is 256 g/mol. The molecule has 2 aromatic rings. The van der Waals surface area contributed by atoms with Crippen molar-refractivity contribution in [1.82, 2.24) is 10.3 Å². The summed E-state index contributed by atoms with van der Waals surface area (Å²) in [5.74, 6) is 0.928. The Hall–Kier alpha value is -1.39. The van der Waals surface area contributed by atoms with Crippen LogP contribution in [0.2, 0.25) is 0 Å². The van der Waals surface area contributed by atoms with E-state index in [1.54, 1.807) is 11.3 Å². The van der Waals surface area contributed by atoms with Gasteiger partial charge in [0.05, 0.1) is 17.8 Å². The summed E-state index contributed by atoms with van der Waals surface area (Å²) in [6.45, 7) is 7.79. The third kappa shape index (κ3) is 3.78. The van der Waals surface area contributed by atoms with Gasteiger partial charge in [-0.2, -0.15) is 0 Å². The van der Waals surface area contributed by atoms with Crippen LogP contribution in [0.4, 0.5) is 0 Å². The number of hydrogen-bond acceptors (Lipinski definition) is 4. The minimum Gasteiger partial charge on any atom is -0.494 e. The van der Waals surface area contributed by atoms with Crippen molar-refractivity contribution < 1.29 is 4.74 Å². The zero-order valence-electron chi connectivity index (χ0n) is 11.6. The molecule has 1 heterocycles. The summed E-state index contributed by atoms with van der Waals surface area (Å²) in [5, 5.41) is 3.52. The van der Waals surface area contributed by atoms with E-state index in [9.17, 15) is 0 Å². The van der Waals surface area contributed by atoms with Crippen molar-refractivity contribution in [3.05, 3.63) is 45.9 Å². The second-order valence-electron chi connectivity index (χ2n) is 4.47. The lowest BCUT2D eigenvalue weighted by Crippen LogP contribution is -2.17. The van der Waals surface area contributed by atoms with E-state index in [-0.39, 0.29) is 0 Å². The minimum absolute atomic E-state index is 0.317. The van der Waals surface area contributed by atoms with Crippen LogP contribution < -0.4 is 10.1 Å². The van der Waals surface area contributed by atoms with Gasteiger partial charge < -0.3 is 10.1 Å². The molecule has 0 radical (unpaired) electrons. The number of rotatable bonds is 6. The second-order valence-corrected chi connectivity index (χ2v) is 5.40. The Balaban J connectivity index is 1.92. The molecule has 1 N–H and O–H groups in total. The predicted octanol–water partition coefficient (Wildman–Crippen LogP) is 3.70. The van der Waals surface area contributed by atoms with E-state index in [0.717, 1.165) is 18.0 Å². The van der Waals surface area contributed by atoms with Crippen molar-refractivity contribution >= 4 is 11.3 Å². The van der Waals surface area contributed by atoms with Crippen molar-refractivity contribution in [3.8, 4) is 5.75 Å². The molecule has 1 aromatic carbocycles. The molecule has 0 aliphatic heterocycles. The maximum atomic E-state index is 5.45. The molecule has 102 valence electrons. The Labute approximate surface area is 118 Å². The van der Waals surface area contributed by atoms with Crippen LogP contribution in [-0.2, 0) is 6.54 Å². The smallest absolute Gasteiger partial charge is 0.119 e. The van der Waals surface area contributed by atoms with Crippen molar-refractivity contribution in [2.75, 3.05) is 6.61 Å². The normalized spacial score (nSPS) is 12.4. The van der Waals surface area contributed by atoms with Gasteiger partial charge in [0.1, 0.15) is 5.75 Å². The largest absolute Gasteiger partial charge is 0.494 e. The fraction of sp³-hybridized carbons (Fsp3) is 0.400. The Kier molecular flexibility index (Phi) is 4.93. The molecule has 1 aromatic heterocycles. The molecule has 1 atom stereocenters. The molecule has 4 heteroatoms. The number of ether oxygens (including phenoxy) is 1. The van der Waals surface area contributed by atoms with Crippen molar-refractivity contribution in [2.24, 2.45) is 0 Å². The summed E-state index contributed by atoms with van der Waals surface area (Å²) in [7, 11) is 0. The van der Waals surface area contributed by atoms with Gasteiger partial charge in [0, 0.05) is 17.5 Å². The van der Waals surface area contributed by atoms with Crippen molar-refractivity contribution in [1.29, 1.82) is 0 Å². The SMILES string of the molecule is CCOc1ccc(C(C)NCc2scnc2C)cc1. The Morgan fingerprint density at radius 2 is 2.05 bits per heavy atom. The Bertz CT molecular complexity index is 507. The van der Waals surface area contributed by atoms with Crippen LogP contribution in [-0.4, -0.2) is 11.6 Å². The highest BCUT2D eigenvalue weighted by atomic mass is 32.1. The summed E-state index contributed by atoms with van der Waals surface area (Å²) >= 11 is 1.70. The molecule has 2 rings (SSSR count). The van der Waals surface area contributed by atoms with Gasteiger partial charge in [-0.25, -0.2) is 4.98 Å². The molecular formula is C15H20N2OS. The van der Waals surface area contributed by atoms with Gasteiger partial charge >= 0.3 is 0 Å². The van der Waals surface area contributed by atoms with Gasteiger partial charge in [0.25, 0.3) is 0 Å². The van der Waals surface area contributed by atoms with Gasteiger partial charge in [0.15, 0.2) is 0 Å². The van der Waals surface area contributed by atoms with E-state index < -0.39 is 0 Å². The molecule has 0 saturated carbocycles. The number of benzene rings is 1. The summed E-state index contributed by atoms with van der Waals surface area (Å²) < 4.78 is 5.45. The van der Waals surface area contributed by atoms with E-state index >= 15 is 0 Å². The van der Waals surface area contributed by atoms with Crippen LogP contribution in [0.3, 0.4) is 0 Å². The summed E-state index contributed by atoms with van der Waals surface area (Å²) in [6.07, 6.45) is 0. The standard InChI is InChI=1S/C15H20N2OS/c1-4-18-14-7-5-13(6-8-14)11(2)16-9-15-12(3)17-10-19-15/h5-8,10-11,16H,4,9H2,1-3H3. The predicted molar refractivity (Wildman–Crippen MR) is 79.7 cm³/mol. The zero-order valence-corrected chi connectivity index (χ0v) is 12.5. The Morgan fingerprint density at radius 1 is 1.32 bits per heavy atom. The lowest BCUT2D eigenvalue weighted by molar-refractivity contribution is 0.340. The van der Waals surface area contributed by atoms with Crippen LogP contribution in [0.15, 0.2) is 29.8 Å². The average molecular weight is 276 g/mol. The second kappa shape index (κ2) is 6.68. The first-order chi connectivity index (χ1) is 9.20. The van der Waals surface area contributed by atoms with E-state index in [2.05, 4.69) is 36.3 Å². The molecule has 0 fully saturated rings. The number of aromatic nitrogens is 1. The first kappa shape index (κ1) is 14.0. The summed E-state index contributed by atoms with van der Waals surface area (Å²) in [4.78, 5) is 5.56. The number of hydrogen-bond donors (Lipinski definition) is 1. The monoisotopic (exact) mass is 276 g/mol. The van der Waals surface area contributed by atoms with Crippen molar-refractivity contribution in [2.45, 2.75) is 33.4 Å². The van der Waals surface area contributed by atoms with Gasteiger partial charge in [-0.15, -0.1) is 11.3 Å². The van der Waals surface area contributed by atoms with Gasteiger partial charge in [-0.1, -0.05) is 12.1 Å². The molecule has 3 nitrogen and oxygen atoms in total. The first-order valence-corrected chi connectivity index (χ1v) is 7.43. The number of nitrogens with one attached hydrogen (secondary N) is 1. The lowest BCUT2D eigenvalue weighted by Gasteiger charge is -2.14. The van der Waals surface area contributed by atoms with Gasteiger partial charge in [0.2, 0.25) is 0 Å².